The van der Waals surface area contributed by atoms with Crippen LogP contribution in [-0.2, 0) is 0 Å². The fourth-order valence-electron chi connectivity index (χ4n) is 1.92. The molecule has 0 heterocycles. The number of hydrogen-bond donors (Lipinski definition) is 1. The standard InChI is InChI=1S/C12H12FNO2/c13-9-3-1-5-11(8(9)7-14)16-12-6-2-4-10(12)15/h1,3,5,10,12,15H,2,4,6H2/t10-,12-/m0/s1. The van der Waals surface area contributed by atoms with Crippen molar-refractivity contribution in [1.29, 1.82) is 5.26 Å². The van der Waals surface area contributed by atoms with E-state index in [2.05, 4.69) is 0 Å². The third kappa shape index (κ3) is 2.00. The summed E-state index contributed by atoms with van der Waals surface area (Å²) in [6, 6.07) is 6.03. The number of aliphatic hydroxyl groups excluding tert-OH is 1. The summed E-state index contributed by atoms with van der Waals surface area (Å²) in [5.41, 5.74) is -0.0957. The zero-order chi connectivity index (χ0) is 11.5. The van der Waals surface area contributed by atoms with Gasteiger partial charge in [0.1, 0.15) is 29.3 Å². The van der Waals surface area contributed by atoms with Crippen molar-refractivity contribution in [2.24, 2.45) is 0 Å². The van der Waals surface area contributed by atoms with Crippen LogP contribution in [-0.4, -0.2) is 17.3 Å². The van der Waals surface area contributed by atoms with Gasteiger partial charge in [0, 0.05) is 0 Å². The lowest BCUT2D eigenvalue weighted by molar-refractivity contribution is 0.0600. The molecule has 4 heteroatoms. The number of aliphatic hydroxyl groups is 1. The van der Waals surface area contributed by atoms with Crippen molar-refractivity contribution in [1.82, 2.24) is 0 Å². The molecule has 1 fully saturated rings. The lowest BCUT2D eigenvalue weighted by atomic mass is 10.2. The Balaban J connectivity index is 2.21. The number of rotatable bonds is 2. The van der Waals surface area contributed by atoms with Crippen molar-refractivity contribution < 1.29 is 14.2 Å². The number of nitriles is 1. The summed E-state index contributed by atoms with van der Waals surface area (Å²) in [6.07, 6.45) is 1.48. The highest BCUT2D eigenvalue weighted by Crippen LogP contribution is 2.27. The second-order valence-corrected chi connectivity index (χ2v) is 3.88. The predicted octanol–water partition coefficient (Wildman–Crippen LogP) is 1.99. The van der Waals surface area contributed by atoms with E-state index in [1.165, 1.54) is 12.1 Å². The zero-order valence-corrected chi connectivity index (χ0v) is 8.69. The van der Waals surface area contributed by atoms with Gasteiger partial charge >= 0.3 is 0 Å². The van der Waals surface area contributed by atoms with E-state index >= 15 is 0 Å². The molecule has 0 aromatic heterocycles. The van der Waals surface area contributed by atoms with Crippen LogP contribution in [0, 0.1) is 17.1 Å². The van der Waals surface area contributed by atoms with Gasteiger partial charge in [-0.05, 0) is 31.4 Å². The Kier molecular flexibility index (Phi) is 3.07. The summed E-state index contributed by atoms with van der Waals surface area (Å²) < 4.78 is 18.7. The smallest absolute Gasteiger partial charge is 0.144 e. The molecule has 0 spiro atoms. The van der Waals surface area contributed by atoms with E-state index < -0.39 is 11.9 Å². The summed E-state index contributed by atoms with van der Waals surface area (Å²) in [5, 5.41) is 18.4. The molecular weight excluding hydrogens is 209 g/mol. The maximum atomic E-state index is 13.3. The van der Waals surface area contributed by atoms with E-state index in [4.69, 9.17) is 10.00 Å². The first kappa shape index (κ1) is 10.9. The summed E-state index contributed by atoms with van der Waals surface area (Å²) in [4.78, 5) is 0. The molecule has 0 saturated heterocycles. The van der Waals surface area contributed by atoms with Crippen LogP contribution in [0.1, 0.15) is 24.8 Å². The van der Waals surface area contributed by atoms with Gasteiger partial charge in [0.2, 0.25) is 0 Å². The van der Waals surface area contributed by atoms with E-state index in [9.17, 15) is 9.50 Å². The first-order valence-electron chi connectivity index (χ1n) is 5.25. The maximum Gasteiger partial charge on any atom is 0.144 e. The van der Waals surface area contributed by atoms with Gasteiger partial charge in [0.15, 0.2) is 0 Å². The average molecular weight is 221 g/mol. The van der Waals surface area contributed by atoms with E-state index in [-0.39, 0.29) is 17.4 Å². The Labute approximate surface area is 93.1 Å². The van der Waals surface area contributed by atoms with Crippen LogP contribution in [0.2, 0.25) is 0 Å². The quantitative estimate of drug-likeness (QED) is 0.830. The Morgan fingerprint density at radius 1 is 1.44 bits per heavy atom. The van der Waals surface area contributed by atoms with E-state index in [1.54, 1.807) is 12.1 Å². The van der Waals surface area contributed by atoms with Crippen molar-refractivity contribution in [3.63, 3.8) is 0 Å². The number of nitrogens with zero attached hydrogens (tertiary/aromatic N) is 1. The number of ether oxygens (including phenoxy) is 1. The van der Waals surface area contributed by atoms with Crippen LogP contribution in [0.4, 0.5) is 4.39 Å². The predicted molar refractivity (Wildman–Crippen MR) is 55.4 cm³/mol. The first-order valence-corrected chi connectivity index (χ1v) is 5.25. The van der Waals surface area contributed by atoms with Crippen LogP contribution in [0.25, 0.3) is 0 Å². The van der Waals surface area contributed by atoms with Gasteiger partial charge in [-0.2, -0.15) is 5.26 Å². The highest BCUT2D eigenvalue weighted by Gasteiger charge is 2.27. The molecule has 0 bridgehead atoms. The molecule has 3 nitrogen and oxygen atoms in total. The normalized spacial score (nSPS) is 24.1. The third-order valence-corrected chi connectivity index (χ3v) is 2.78. The fourth-order valence-corrected chi connectivity index (χ4v) is 1.92. The van der Waals surface area contributed by atoms with Crippen LogP contribution in [0.15, 0.2) is 18.2 Å². The molecule has 0 amide bonds. The Hall–Kier alpha value is -1.60. The molecular formula is C12H12FNO2. The number of halogens is 1. The molecule has 16 heavy (non-hydrogen) atoms. The Morgan fingerprint density at radius 2 is 2.25 bits per heavy atom. The summed E-state index contributed by atoms with van der Waals surface area (Å²) in [6.45, 7) is 0. The zero-order valence-electron chi connectivity index (χ0n) is 8.69. The summed E-state index contributed by atoms with van der Waals surface area (Å²) >= 11 is 0. The Morgan fingerprint density at radius 3 is 2.88 bits per heavy atom. The minimum Gasteiger partial charge on any atom is -0.486 e. The van der Waals surface area contributed by atoms with Crippen LogP contribution in [0.5, 0.6) is 5.75 Å². The Bertz CT molecular complexity index is 428. The number of hydrogen-bond acceptors (Lipinski definition) is 3. The molecule has 0 radical (unpaired) electrons. The second-order valence-electron chi connectivity index (χ2n) is 3.88. The van der Waals surface area contributed by atoms with Crippen LogP contribution < -0.4 is 4.74 Å². The molecule has 0 aliphatic heterocycles. The molecule has 1 aromatic carbocycles. The largest absolute Gasteiger partial charge is 0.486 e. The van der Waals surface area contributed by atoms with Crippen molar-refractivity contribution in [3.05, 3.63) is 29.6 Å². The molecule has 1 N–H and O–H groups in total. The average Bonchev–Trinajstić information content (AvgIpc) is 2.65. The molecule has 84 valence electrons. The molecule has 2 rings (SSSR count). The maximum absolute atomic E-state index is 13.3. The first-order chi connectivity index (χ1) is 7.72. The molecule has 1 aromatic rings. The lowest BCUT2D eigenvalue weighted by Gasteiger charge is -2.17. The van der Waals surface area contributed by atoms with Gasteiger partial charge in [-0.25, -0.2) is 4.39 Å². The third-order valence-electron chi connectivity index (χ3n) is 2.78. The van der Waals surface area contributed by atoms with Crippen molar-refractivity contribution in [2.75, 3.05) is 0 Å². The monoisotopic (exact) mass is 221 g/mol. The molecule has 2 atom stereocenters. The van der Waals surface area contributed by atoms with Crippen molar-refractivity contribution >= 4 is 0 Å². The fraction of sp³-hybridized carbons (Fsp3) is 0.417. The van der Waals surface area contributed by atoms with E-state index in [0.29, 0.717) is 6.42 Å². The minimum atomic E-state index is -0.590. The molecule has 1 aliphatic rings. The van der Waals surface area contributed by atoms with Gasteiger partial charge in [-0.15, -0.1) is 0 Å². The highest BCUT2D eigenvalue weighted by molar-refractivity contribution is 5.43. The van der Waals surface area contributed by atoms with Crippen LogP contribution >= 0.6 is 0 Å². The molecule has 1 aliphatic carbocycles. The van der Waals surface area contributed by atoms with E-state index in [0.717, 1.165) is 12.8 Å². The van der Waals surface area contributed by atoms with Gasteiger partial charge in [-0.1, -0.05) is 6.07 Å². The van der Waals surface area contributed by atoms with Gasteiger partial charge in [-0.3, -0.25) is 0 Å². The van der Waals surface area contributed by atoms with Crippen molar-refractivity contribution in [2.45, 2.75) is 31.5 Å². The van der Waals surface area contributed by atoms with Gasteiger partial charge in [0.05, 0.1) is 6.10 Å². The second kappa shape index (κ2) is 4.50. The van der Waals surface area contributed by atoms with Gasteiger partial charge < -0.3 is 9.84 Å². The SMILES string of the molecule is N#Cc1c(F)cccc1O[C@H]1CCC[C@@H]1O. The van der Waals surface area contributed by atoms with E-state index in [1.807, 2.05) is 0 Å². The molecule has 0 unspecified atom stereocenters. The van der Waals surface area contributed by atoms with Crippen molar-refractivity contribution in [3.8, 4) is 11.8 Å². The highest BCUT2D eigenvalue weighted by atomic mass is 19.1. The summed E-state index contributed by atoms with van der Waals surface area (Å²) in [7, 11) is 0. The molecule has 1 saturated carbocycles. The topological polar surface area (TPSA) is 53.2 Å². The summed E-state index contributed by atoms with van der Waals surface area (Å²) in [5.74, 6) is -0.374. The minimum absolute atomic E-state index is 0.0957. The van der Waals surface area contributed by atoms with Gasteiger partial charge in [0.25, 0.3) is 0 Å². The lowest BCUT2D eigenvalue weighted by Crippen LogP contribution is -2.26. The van der Waals surface area contributed by atoms with Crippen LogP contribution in [0.3, 0.4) is 0 Å². The number of benzene rings is 1.